The Morgan fingerprint density at radius 1 is 1.21 bits per heavy atom. The highest BCUT2D eigenvalue weighted by atomic mass is 35.5. The molecule has 10 nitrogen and oxygen atoms in total. The number of H-pyrrole nitrogens is 1. The molecule has 1 N–H and O–H groups in total. The van der Waals surface area contributed by atoms with Gasteiger partial charge in [-0.25, -0.2) is 4.79 Å². The summed E-state index contributed by atoms with van der Waals surface area (Å²) in [5.41, 5.74) is 8.13. The smallest absolute Gasteiger partial charge is 0.330 e. The van der Waals surface area contributed by atoms with Gasteiger partial charge in [-0.15, -0.1) is 11.6 Å². The van der Waals surface area contributed by atoms with Crippen molar-refractivity contribution in [2.45, 2.75) is 95.9 Å². The Morgan fingerprint density at radius 3 is 2.48 bits per heavy atom. The van der Waals surface area contributed by atoms with E-state index in [9.17, 15) is 14.4 Å². The van der Waals surface area contributed by atoms with Crippen molar-refractivity contribution in [3.63, 3.8) is 0 Å². The van der Waals surface area contributed by atoms with Crippen LogP contribution in [0.4, 0.5) is 0 Å². The molecule has 184 valence electrons. The Kier molecular flexibility index (Phi) is 12.1. The average Bonchev–Trinajstić information content (AvgIpc) is 3.18. The summed E-state index contributed by atoms with van der Waals surface area (Å²) in [7, 11) is 0. The molecule has 1 aliphatic heterocycles. The van der Waals surface area contributed by atoms with Crippen LogP contribution >= 0.6 is 11.6 Å². The van der Waals surface area contributed by atoms with E-state index in [1.165, 1.54) is 42.9 Å². The number of unbranched alkanes of at least 4 members (excludes halogenated alkanes) is 8. The van der Waals surface area contributed by atoms with E-state index in [1.54, 1.807) is 6.92 Å². The summed E-state index contributed by atoms with van der Waals surface area (Å²) in [4.78, 5) is 40.9. The molecular weight excluding hydrogens is 450 g/mol. The van der Waals surface area contributed by atoms with Crippen LogP contribution in [0.25, 0.3) is 10.4 Å². The summed E-state index contributed by atoms with van der Waals surface area (Å²) in [5.74, 6) is 0.421. The number of ether oxygens (including phenoxy) is 2. The Hall–Kier alpha value is -2.29. The van der Waals surface area contributed by atoms with Gasteiger partial charge in [-0.1, -0.05) is 50.1 Å². The third kappa shape index (κ3) is 9.23. The first-order chi connectivity index (χ1) is 16.0. The van der Waals surface area contributed by atoms with Crippen LogP contribution in [0.5, 0.6) is 0 Å². The monoisotopic (exact) mass is 483 g/mol. The zero-order chi connectivity index (χ0) is 24.1. The Labute approximate surface area is 198 Å². The number of carbonyl (C=O) groups is 1. The molecule has 2 heterocycles. The third-order valence-corrected chi connectivity index (χ3v) is 6.05. The standard InChI is InChI=1S/C22H34ClN5O5/c1-16-14-28(22(31)25-21(16)30)19-13-17(26-27-24)18(33-19)15-32-20(29)11-9-7-5-3-2-4-6-8-10-12-23/h14,17-19H,2-13,15H2,1H3,(H,25,30,31)/t17-,18+,19+/m0/s1. The number of hydrogen-bond acceptors (Lipinski definition) is 6. The van der Waals surface area contributed by atoms with Crippen LogP contribution in [0.15, 0.2) is 20.9 Å². The molecule has 0 unspecified atom stereocenters. The molecule has 1 saturated heterocycles. The number of halogens is 1. The highest BCUT2D eigenvalue weighted by Crippen LogP contribution is 2.30. The maximum absolute atomic E-state index is 12.1. The molecule has 0 amide bonds. The molecule has 11 heteroatoms. The van der Waals surface area contributed by atoms with Crippen LogP contribution in [0, 0.1) is 6.92 Å². The van der Waals surface area contributed by atoms with Crippen molar-refractivity contribution in [1.29, 1.82) is 0 Å². The molecular formula is C22H34ClN5O5. The van der Waals surface area contributed by atoms with Crippen molar-refractivity contribution >= 4 is 17.6 Å². The van der Waals surface area contributed by atoms with Crippen LogP contribution in [0.3, 0.4) is 0 Å². The zero-order valence-electron chi connectivity index (χ0n) is 19.2. The summed E-state index contributed by atoms with van der Waals surface area (Å²) >= 11 is 5.67. The van der Waals surface area contributed by atoms with E-state index in [4.69, 9.17) is 26.6 Å². The predicted molar refractivity (Wildman–Crippen MR) is 125 cm³/mol. The molecule has 1 aromatic rings. The number of carbonyl (C=O) groups excluding carboxylic acids is 1. The van der Waals surface area contributed by atoms with E-state index in [2.05, 4.69) is 15.0 Å². The highest BCUT2D eigenvalue weighted by Gasteiger charge is 2.37. The molecule has 0 bridgehead atoms. The normalized spacial score (nSPS) is 19.9. The molecule has 0 spiro atoms. The van der Waals surface area contributed by atoms with Crippen molar-refractivity contribution in [3.05, 3.63) is 43.0 Å². The number of aromatic amines is 1. The van der Waals surface area contributed by atoms with Gasteiger partial charge in [0.15, 0.2) is 0 Å². The first kappa shape index (κ1) is 27.0. The minimum atomic E-state index is -0.720. The number of nitrogens with zero attached hydrogens (tertiary/aromatic N) is 4. The average molecular weight is 484 g/mol. The van der Waals surface area contributed by atoms with Gasteiger partial charge in [-0.05, 0) is 25.3 Å². The summed E-state index contributed by atoms with van der Waals surface area (Å²) in [6.07, 6.45) is 10.6. The number of alkyl halides is 1. The number of azide groups is 1. The van der Waals surface area contributed by atoms with Gasteiger partial charge in [0, 0.05) is 35.4 Å². The van der Waals surface area contributed by atoms with Crippen molar-refractivity contribution in [3.8, 4) is 0 Å². The van der Waals surface area contributed by atoms with Gasteiger partial charge in [0.1, 0.15) is 18.9 Å². The van der Waals surface area contributed by atoms with E-state index < -0.39 is 29.6 Å². The molecule has 0 aliphatic carbocycles. The fraction of sp³-hybridized carbons (Fsp3) is 0.773. The Balaban J connectivity index is 1.71. The second-order valence-electron chi connectivity index (χ2n) is 8.42. The first-order valence-corrected chi connectivity index (χ1v) is 12.2. The summed E-state index contributed by atoms with van der Waals surface area (Å²) in [5, 5.41) is 3.73. The molecule has 1 aliphatic rings. The number of aromatic nitrogens is 2. The summed E-state index contributed by atoms with van der Waals surface area (Å²) in [6.45, 7) is 1.52. The molecule has 2 rings (SSSR count). The Morgan fingerprint density at radius 2 is 1.85 bits per heavy atom. The van der Waals surface area contributed by atoms with Crippen LogP contribution in [-0.4, -0.2) is 40.2 Å². The second-order valence-corrected chi connectivity index (χ2v) is 8.80. The number of hydrogen-bond donors (Lipinski definition) is 1. The number of esters is 1. The van der Waals surface area contributed by atoms with Gasteiger partial charge >= 0.3 is 11.7 Å². The van der Waals surface area contributed by atoms with Crippen LogP contribution in [0.2, 0.25) is 0 Å². The maximum atomic E-state index is 12.1. The van der Waals surface area contributed by atoms with E-state index >= 15 is 0 Å². The maximum Gasteiger partial charge on any atom is 0.330 e. The number of nitrogens with one attached hydrogen (secondary N) is 1. The minimum absolute atomic E-state index is 0.0571. The first-order valence-electron chi connectivity index (χ1n) is 11.7. The molecule has 1 fully saturated rings. The zero-order valence-corrected chi connectivity index (χ0v) is 20.0. The molecule has 0 aromatic carbocycles. The molecule has 0 saturated carbocycles. The van der Waals surface area contributed by atoms with Gasteiger partial charge in [0.25, 0.3) is 5.56 Å². The summed E-state index contributed by atoms with van der Waals surface area (Å²) < 4.78 is 12.4. The number of aryl methyl sites for hydroxylation is 1. The topological polar surface area (TPSA) is 139 Å². The van der Waals surface area contributed by atoms with Gasteiger partial charge in [0.05, 0.1) is 6.04 Å². The lowest BCUT2D eigenvalue weighted by Gasteiger charge is -2.17. The van der Waals surface area contributed by atoms with Crippen molar-refractivity contribution in [1.82, 2.24) is 9.55 Å². The molecule has 1 aromatic heterocycles. The lowest BCUT2D eigenvalue weighted by atomic mass is 10.1. The molecule has 33 heavy (non-hydrogen) atoms. The van der Waals surface area contributed by atoms with Gasteiger partial charge in [0.2, 0.25) is 0 Å². The fourth-order valence-electron chi connectivity index (χ4n) is 3.87. The largest absolute Gasteiger partial charge is 0.463 e. The Bertz CT molecular complexity index is 911. The fourth-order valence-corrected chi connectivity index (χ4v) is 4.06. The lowest BCUT2D eigenvalue weighted by Crippen LogP contribution is -2.33. The molecule has 0 radical (unpaired) electrons. The number of rotatable bonds is 15. The van der Waals surface area contributed by atoms with Crippen LogP contribution < -0.4 is 11.2 Å². The van der Waals surface area contributed by atoms with Gasteiger partial charge < -0.3 is 9.47 Å². The van der Waals surface area contributed by atoms with E-state index in [1.807, 2.05) is 0 Å². The quantitative estimate of drug-likeness (QED) is 0.0976. The van der Waals surface area contributed by atoms with Crippen molar-refractivity contribution in [2.24, 2.45) is 5.11 Å². The lowest BCUT2D eigenvalue weighted by molar-refractivity contribution is -0.148. The third-order valence-electron chi connectivity index (χ3n) is 5.78. The van der Waals surface area contributed by atoms with Gasteiger partial charge in [-0.2, -0.15) is 0 Å². The van der Waals surface area contributed by atoms with Gasteiger partial charge in [-0.3, -0.25) is 19.1 Å². The van der Waals surface area contributed by atoms with E-state index in [0.717, 1.165) is 31.6 Å². The van der Waals surface area contributed by atoms with E-state index in [0.29, 0.717) is 12.0 Å². The van der Waals surface area contributed by atoms with Crippen molar-refractivity contribution < 1.29 is 14.3 Å². The highest BCUT2D eigenvalue weighted by molar-refractivity contribution is 6.17. The molecule has 3 atom stereocenters. The second kappa shape index (κ2) is 14.8. The summed E-state index contributed by atoms with van der Waals surface area (Å²) in [6, 6.07) is -0.587. The van der Waals surface area contributed by atoms with Crippen molar-refractivity contribution in [2.75, 3.05) is 12.5 Å². The van der Waals surface area contributed by atoms with Crippen LogP contribution in [-0.2, 0) is 14.3 Å². The van der Waals surface area contributed by atoms with Crippen LogP contribution in [0.1, 0.15) is 82.4 Å². The van der Waals surface area contributed by atoms with E-state index in [-0.39, 0.29) is 19.0 Å². The SMILES string of the molecule is Cc1cn([C@H]2C[C@H](N=[N+]=[N-])[C@@H](COC(=O)CCCCCCCCCCCCl)O2)c(=O)[nH]c1=O. The predicted octanol–water partition coefficient (Wildman–Crippen LogP) is 4.49. The minimum Gasteiger partial charge on any atom is -0.463 e.